The summed E-state index contributed by atoms with van der Waals surface area (Å²) in [5, 5.41) is 2.69. The number of hydrogen-bond donors (Lipinski definition) is 1. The van der Waals surface area contributed by atoms with E-state index in [2.05, 4.69) is 10.3 Å². The Balaban J connectivity index is 2.12. The Hall–Kier alpha value is -1.93. The Morgan fingerprint density at radius 3 is 2.58 bits per heavy atom. The molecule has 3 rings (SSSR count). The lowest BCUT2D eigenvalue weighted by Crippen LogP contribution is -2.49. The van der Waals surface area contributed by atoms with Crippen LogP contribution >= 0.6 is 11.3 Å². The molecule has 0 aliphatic carbocycles. The van der Waals surface area contributed by atoms with E-state index in [9.17, 15) is 13.2 Å². The molecule has 0 spiro atoms. The van der Waals surface area contributed by atoms with Gasteiger partial charge in [0.1, 0.15) is 10.3 Å². The lowest BCUT2D eigenvalue weighted by molar-refractivity contribution is -0.117. The van der Waals surface area contributed by atoms with Gasteiger partial charge in [0, 0.05) is 11.1 Å². The van der Waals surface area contributed by atoms with Crippen molar-refractivity contribution in [2.75, 3.05) is 9.62 Å². The minimum Gasteiger partial charge on any atom is -0.321 e. The van der Waals surface area contributed by atoms with Crippen LogP contribution in [0.1, 0.15) is 32.6 Å². The molecule has 6 nitrogen and oxygen atoms in total. The second kappa shape index (κ2) is 5.56. The predicted molar refractivity (Wildman–Crippen MR) is 95.0 cm³/mol. The van der Waals surface area contributed by atoms with Gasteiger partial charge in [-0.15, -0.1) is 11.3 Å². The van der Waals surface area contributed by atoms with Gasteiger partial charge in [0.2, 0.25) is 5.91 Å². The molecule has 0 fully saturated rings. The van der Waals surface area contributed by atoms with Gasteiger partial charge in [0.25, 0.3) is 10.0 Å². The Morgan fingerprint density at radius 2 is 1.96 bits per heavy atom. The van der Waals surface area contributed by atoms with Crippen molar-refractivity contribution in [2.24, 2.45) is 0 Å². The summed E-state index contributed by atoms with van der Waals surface area (Å²) in [4.78, 5) is 17.3. The first-order chi connectivity index (χ1) is 11.1. The van der Waals surface area contributed by atoms with Crippen LogP contribution in [0.2, 0.25) is 0 Å². The summed E-state index contributed by atoms with van der Waals surface area (Å²) in [5.74, 6) is -0.123. The van der Waals surface area contributed by atoms with Gasteiger partial charge < -0.3 is 5.32 Å². The van der Waals surface area contributed by atoms with Crippen molar-refractivity contribution in [3.05, 3.63) is 35.3 Å². The molecule has 0 saturated heterocycles. The van der Waals surface area contributed by atoms with Gasteiger partial charge in [-0.2, -0.15) is 0 Å². The Labute approximate surface area is 145 Å². The molecule has 0 aromatic carbocycles. The SMILES string of the molecule is CC1C(=O)Nc2cccnc2N1S(=O)(=O)c1ccc(C(C)(C)C)s1. The maximum Gasteiger partial charge on any atom is 0.275 e. The van der Waals surface area contributed by atoms with E-state index >= 15 is 0 Å². The highest BCUT2D eigenvalue weighted by molar-refractivity contribution is 7.94. The lowest BCUT2D eigenvalue weighted by Gasteiger charge is -2.33. The molecule has 8 heteroatoms. The van der Waals surface area contributed by atoms with Gasteiger partial charge in [0.05, 0.1) is 5.69 Å². The molecule has 1 amide bonds. The van der Waals surface area contributed by atoms with Crippen molar-refractivity contribution in [2.45, 2.75) is 43.4 Å². The zero-order valence-corrected chi connectivity index (χ0v) is 15.5. The summed E-state index contributed by atoms with van der Waals surface area (Å²) in [5.41, 5.74) is 0.260. The van der Waals surface area contributed by atoms with E-state index in [-0.39, 0.29) is 21.3 Å². The van der Waals surface area contributed by atoms with E-state index in [0.717, 1.165) is 9.18 Å². The van der Waals surface area contributed by atoms with E-state index < -0.39 is 16.1 Å². The maximum atomic E-state index is 13.2. The molecule has 1 aliphatic rings. The largest absolute Gasteiger partial charge is 0.321 e. The topological polar surface area (TPSA) is 79.4 Å². The average Bonchev–Trinajstić information content (AvgIpc) is 2.99. The fraction of sp³-hybridized carbons (Fsp3) is 0.375. The molecular weight excluding hydrogens is 346 g/mol. The molecule has 1 unspecified atom stereocenters. The number of thiophene rings is 1. The molecule has 1 atom stereocenters. The van der Waals surface area contributed by atoms with Gasteiger partial charge in [-0.25, -0.2) is 17.7 Å². The van der Waals surface area contributed by atoms with E-state index in [4.69, 9.17) is 0 Å². The van der Waals surface area contributed by atoms with Crippen molar-refractivity contribution in [1.29, 1.82) is 0 Å². The van der Waals surface area contributed by atoms with Crippen LogP contribution in [-0.2, 0) is 20.2 Å². The van der Waals surface area contributed by atoms with Crippen molar-refractivity contribution in [1.82, 2.24) is 4.98 Å². The van der Waals surface area contributed by atoms with Gasteiger partial charge in [-0.05, 0) is 36.6 Å². The van der Waals surface area contributed by atoms with Crippen LogP contribution in [0, 0.1) is 0 Å². The smallest absolute Gasteiger partial charge is 0.275 e. The first kappa shape index (κ1) is 16.9. The van der Waals surface area contributed by atoms with Gasteiger partial charge in [-0.1, -0.05) is 20.8 Å². The monoisotopic (exact) mass is 365 g/mol. The number of aromatic nitrogens is 1. The second-order valence-electron chi connectivity index (χ2n) is 6.71. The lowest BCUT2D eigenvalue weighted by atomic mass is 9.95. The molecule has 128 valence electrons. The molecule has 3 heterocycles. The number of hydrogen-bond acceptors (Lipinski definition) is 5. The zero-order chi connectivity index (χ0) is 17.7. The molecule has 24 heavy (non-hydrogen) atoms. The first-order valence-corrected chi connectivity index (χ1v) is 9.78. The summed E-state index contributed by atoms with van der Waals surface area (Å²) >= 11 is 1.23. The molecule has 2 aromatic rings. The summed E-state index contributed by atoms with van der Waals surface area (Å²) in [7, 11) is -3.87. The zero-order valence-electron chi connectivity index (χ0n) is 13.9. The fourth-order valence-corrected chi connectivity index (χ4v) is 5.52. The van der Waals surface area contributed by atoms with Crippen LogP contribution in [0.4, 0.5) is 11.5 Å². The standard InChI is InChI=1S/C16H19N3O3S2/c1-10-15(20)18-11-6-5-9-17-14(11)19(10)24(21,22)13-8-7-12(23-13)16(2,3)4/h5-10H,1-4H3,(H,18,20). The normalized spacial score (nSPS) is 18.2. The number of rotatable bonds is 2. The quantitative estimate of drug-likeness (QED) is 0.887. The molecule has 2 aromatic heterocycles. The number of sulfonamides is 1. The predicted octanol–water partition coefficient (Wildman–Crippen LogP) is 2.98. The van der Waals surface area contributed by atoms with Gasteiger partial charge in [-0.3, -0.25) is 4.79 Å². The molecule has 1 N–H and O–H groups in total. The number of nitrogens with one attached hydrogen (secondary N) is 1. The maximum absolute atomic E-state index is 13.2. The first-order valence-electron chi connectivity index (χ1n) is 7.53. The molecule has 0 radical (unpaired) electrons. The Bertz CT molecular complexity index is 897. The summed E-state index contributed by atoms with van der Waals surface area (Å²) in [6.07, 6.45) is 1.51. The summed E-state index contributed by atoms with van der Waals surface area (Å²) < 4.78 is 27.6. The van der Waals surface area contributed by atoms with E-state index in [0.29, 0.717) is 5.69 Å². The number of amides is 1. The van der Waals surface area contributed by atoms with Crippen LogP contribution in [0.15, 0.2) is 34.7 Å². The second-order valence-corrected chi connectivity index (χ2v) is 9.83. The number of carbonyl (C=O) groups is 1. The summed E-state index contributed by atoms with van der Waals surface area (Å²) in [6.45, 7) is 7.65. The molecular formula is C16H19N3O3S2. The van der Waals surface area contributed by atoms with Crippen LogP contribution < -0.4 is 9.62 Å². The summed E-state index contributed by atoms with van der Waals surface area (Å²) in [6, 6.07) is 5.86. The fourth-order valence-electron chi connectivity index (χ4n) is 2.48. The van der Waals surface area contributed by atoms with Gasteiger partial charge >= 0.3 is 0 Å². The average molecular weight is 365 g/mol. The number of carbonyl (C=O) groups excluding carboxylic acids is 1. The van der Waals surface area contributed by atoms with Crippen LogP contribution in [-0.4, -0.2) is 25.4 Å². The Morgan fingerprint density at radius 1 is 1.25 bits per heavy atom. The number of nitrogens with zero attached hydrogens (tertiary/aromatic N) is 2. The molecule has 0 saturated carbocycles. The van der Waals surface area contributed by atoms with Gasteiger partial charge in [0.15, 0.2) is 5.82 Å². The van der Waals surface area contributed by atoms with Crippen molar-refractivity contribution in [3.63, 3.8) is 0 Å². The van der Waals surface area contributed by atoms with Crippen LogP contribution in [0.3, 0.4) is 0 Å². The van der Waals surface area contributed by atoms with E-state index in [1.54, 1.807) is 25.1 Å². The van der Waals surface area contributed by atoms with E-state index in [1.165, 1.54) is 17.5 Å². The minimum atomic E-state index is -3.87. The third kappa shape index (κ3) is 2.69. The van der Waals surface area contributed by atoms with Crippen LogP contribution in [0.5, 0.6) is 0 Å². The Kier molecular flexibility index (Phi) is 3.92. The third-order valence-corrected chi connectivity index (χ3v) is 7.66. The molecule has 1 aliphatic heterocycles. The highest BCUT2D eigenvalue weighted by Crippen LogP contribution is 2.38. The van der Waals surface area contributed by atoms with Crippen molar-refractivity contribution < 1.29 is 13.2 Å². The highest BCUT2D eigenvalue weighted by atomic mass is 32.2. The number of anilines is 2. The van der Waals surface area contributed by atoms with Crippen molar-refractivity contribution in [3.8, 4) is 0 Å². The van der Waals surface area contributed by atoms with Crippen molar-refractivity contribution >= 4 is 38.8 Å². The minimum absolute atomic E-state index is 0.139. The highest BCUT2D eigenvalue weighted by Gasteiger charge is 2.40. The third-order valence-electron chi connectivity index (χ3n) is 3.82. The number of fused-ring (bicyclic) bond motifs is 1. The van der Waals surface area contributed by atoms with E-state index in [1.807, 2.05) is 26.8 Å². The molecule has 0 bridgehead atoms. The number of pyridine rings is 1. The van der Waals surface area contributed by atoms with Crippen LogP contribution in [0.25, 0.3) is 0 Å².